The summed E-state index contributed by atoms with van der Waals surface area (Å²) < 4.78 is 6.64. The van der Waals surface area contributed by atoms with Crippen LogP contribution in [0.4, 0.5) is 0 Å². The fraction of sp³-hybridized carbons (Fsp3) is 0.600. The van der Waals surface area contributed by atoms with Gasteiger partial charge in [0.15, 0.2) is 0 Å². The summed E-state index contributed by atoms with van der Waals surface area (Å²) in [6.45, 7) is 4.24. The third kappa shape index (κ3) is 2.74. The molecule has 0 unspecified atom stereocenters. The summed E-state index contributed by atoms with van der Waals surface area (Å²) in [5.74, 6) is -0.220. The SMILES string of the molecule is CCOC(=O)Cn1ncc2c1CCNC2.Cl. The third-order valence-electron chi connectivity index (χ3n) is 2.47. The van der Waals surface area contributed by atoms with Gasteiger partial charge in [0.05, 0.1) is 12.8 Å². The maximum atomic E-state index is 11.3. The first kappa shape index (κ1) is 13.0. The minimum atomic E-state index is -0.220. The molecule has 0 fully saturated rings. The van der Waals surface area contributed by atoms with Crippen LogP contribution in [0, 0.1) is 0 Å². The van der Waals surface area contributed by atoms with E-state index in [-0.39, 0.29) is 24.9 Å². The molecular weight excluding hydrogens is 230 g/mol. The summed E-state index contributed by atoms with van der Waals surface area (Å²) in [7, 11) is 0. The van der Waals surface area contributed by atoms with Gasteiger partial charge in [-0.25, -0.2) is 0 Å². The second-order valence-corrected chi connectivity index (χ2v) is 3.51. The molecular formula is C10H16ClN3O2. The summed E-state index contributed by atoms with van der Waals surface area (Å²) in [4.78, 5) is 11.3. The van der Waals surface area contributed by atoms with Crippen molar-refractivity contribution in [1.82, 2.24) is 15.1 Å². The van der Waals surface area contributed by atoms with Gasteiger partial charge in [-0.05, 0) is 6.92 Å². The van der Waals surface area contributed by atoms with Gasteiger partial charge >= 0.3 is 5.97 Å². The Morgan fingerprint density at radius 3 is 3.25 bits per heavy atom. The Balaban J connectivity index is 0.00000128. The minimum absolute atomic E-state index is 0. The molecule has 16 heavy (non-hydrogen) atoms. The number of ether oxygens (including phenoxy) is 1. The number of nitrogens with one attached hydrogen (secondary N) is 1. The van der Waals surface area contributed by atoms with Gasteiger partial charge in [0.1, 0.15) is 6.54 Å². The van der Waals surface area contributed by atoms with Crippen LogP contribution in [0.1, 0.15) is 18.2 Å². The molecule has 2 rings (SSSR count). The second-order valence-electron chi connectivity index (χ2n) is 3.51. The van der Waals surface area contributed by atoms with Crippen LogP contribution in [0.5, 0.6) is 0 Å². The lowest BCUT2D eigenvalue weighted by Gasteiger charge is -2.14. The van der Waals surface area contributed by atoms with Crippen molar-refractivity contribution < 1.29 is 9.53 Å². The molecule has 0 spiro atoms. The zero-order valence-corrected chi connectivity index (χ0v) is 10.0. The number of hydrogen-bond acceptors (Lipinski definition) is 4. The zero-order valence-electron chi connectivity index (χ0n) is 9.23. The molecule has 1 aliphatic heterocycles. The van der Waals surface area contributed by atoms with E-state index in [1.165, 1.54) is 5.56 Å². The quantitative estimate of drug-likeness (QED) is 0.789. The number of fused-ring (bicyclic) bond motifs is 1. The molecule has 90 valence electrons. The highest BCUT2D eigenvalue weighted by molar-refractivity contribution is 5.85. The molecule has 0 aromatic carbocycles. The molecule has 0 atom stereocenters. The number of rotatable bonds is 3. The lowest BCUT2D eigenvalue weighted by Crippen LogP contribution is -2.26. The molecule has 0 saturated heterocycles. The monoisotopic (exact) mass is 245 g/mol. The fourth-order valence-corrected chi connectivity index (χ4v) is 1.78. The van der Waals surface area contributed by atoms with E-state index in [9.17, 15) is 4.79 Å². The summed E-state index contributed by atoms with van der Waals surface area (Å²) in [5.41, 5.74) is 2.34. The van der Waals surface area contributed by atoms with Crippen LogP contribution < -0.4 is 5.32 Å². The summed E-state index contributed by atoms with van der Waals surface area (Å²) >= 11 is 0. The van der Waals surface area contributed by atoms with Crippen molar-refractivity contribution in [3.63, 3.8) is 0 Å². The van der Waals surface area contributed by atoms with Crippen molar-refractivity contribution in [2.45, 2.75) is 26.4 Å². The Labute approximate surface area is 101 Å². The molecule has 0 radical (unpaired) electrons. The van der Waals surface area contributed by atoms with Crippen molar-refractivity contribution in [2.75, 3.05) is 13.2 Å². The summed E-state index contributed by atoms with van der Waals surface area (Å²) in [6, 6.07) is 0. The van der Waals surface area contributed by atoms with Crippen LogP contribution in [0.15, 0.2) is 6.20 Å². The van der Waals surface area contributed by atoms with Gasteiger partial charge in [-0.1, -0.05) is 0 Å². The number of halogens is 1. The van der Waals surface area contributed by atoms with Crippen molar-refractivity contribution >= 4 is 18.4 Å². The molecule has 2 heterocycles. The van der Waals surface area contributed by atoms with E-state index in [0.29, 0.717) is 6.61 Å². The molecule has 0 aliphatic carbocycles. The molecule has 1 aromatic heterocycles. The number of carbonyl (C=O) groups is 1. The molecule has 0 bridgehead atoms. The molecule has 1 aromatic rings. The van der Waals surface area contributed by atoms with Crippen LogP contribution in [-0.4, -0.2) is 28.9 Å². The number of aromatic nitrogens is 2. The van der Waals surface area contributed by atoms with Gasteiger partial charge < -0.3 is 10.1 Å². The minimum Gasteiger partial charge on any atom is -0.465 e. The first-order valence-electron chi connectivity index (χ1n) is 5.21. The van der Waals surface area contributed by atoms with Gasteiger partial charge in [0.2, 0.25) is 0 Å². The van der Waals surface area contributed by atoms with Crippen LogP contribution in [0.2, 0.25) is 0 Å². The molecule has 1 N–H and O–H groups in total. The van der Waals surface area contributed by atoms with E-state index in [0.717, 1.165) is 25.2 Å². The Bertz CT molecular complexity index is 365. The van der Waals surface area contributed by atoms with Crippen LogP contribution in [0.25, 0.3) is 0 Å². The third-order valence-corrected chi connectivity index (χ3v) is 2.47. The Kier molecular flexibility index (Phi) is 4.76. The standard InChI is InChI=1S/C10H15N3O2.ClH/c1-2-15-10(14)7-13-9-3-4-11-5-8(9)6-12-13;/h6,11H,2-5,7H2,1H3;1H. The van der Waals surface area contributed by atoms with Gasteiger partial charge in [-0.3, -0.25) is 9.48 Å². The van der Waals surface area contributed by atoms with Gasteiger partial charge in [-0.2, -0.15) is 5.10 Å². The van der Waals surface area contributed by atoms with Gasteiger partial charge in [-0.15, -0.1) is 12.4 Å². The van der Waals surface area contributed by atoms with Crippen LogP contribution in [0.3, 0.4) is 0 Å². The van der Waals surface area contributed by atoms with Crippen LogP contribution in [-0.2, 0) is 29.0 Å². The normalized spacial score (nSPS) is 13.8. The van der Waals surface area contributed by atoms with E-state index in [2.05, 4.69) is 10.4 Å². The molecule has 1 aliphatic rings. The number of carbonyl (C=O) groups excluding carboxylic acids is 1. The highest BCUT2D eigenvalue weighted by atomic mass is 35.5. The van der Waals surface area contributed by atoms with Crippen LogP contribution >= 0.6 is 12.4 Å². The van der Waals surface area contributed by atoms with Crippen molar-refractivity contribution in [1.29, 1.82) is 0 Å². The highest BCUT2D eigenvalue weighted by Gasteiger charge is 2.16. The maximum absolute atomic E-state index is 11.3. The second kappa shape index (κ2) is 5.86. The van der Waals surface area contributed by atoms with Crippen molar-refractivity contribution in [3.8, 4) is 0 Å². The molecule has 6 heteroatoms. The first-order valence-corrected chi connectivity index (χ1v) is 5.21. The molecule has 0 amide bonds. The van der Waals surface area contributed by atoms with Gasteiger partial charge in [0, 0.05) is 30.8 Å². The van der Waals surface area contributed by atoms with E-state index >= 15 is 0 Å². The average Bonchev–Trinajstić information content (AvgIpc) is 2.62. The highest BCUT2D eigenvalue weighted by Crippen LogP contribution is 2.12. The van der Waals surface area contributed by atoms with E-state index in [1.807, 2.05) is 6.20 Å². The Morgan fingerprint density at radius 1 is 1.69 bits per heavy atom. The van der Waals surface area contributed by atoms with Crippen molar-refractivity contribution in [3.05, 3.63) is 17.5 Å². The predicted molar refractivity (Wildman–Crippen MR) is 61.5 cm³/mol. The molecule has 0 saturated carbocycles. The van der Waals surface area contributed by atoms with E-state index in [4.69, 9.17) is 4.74 Å². The topological polar surface area (TPSA) is 56.2 Å². The fourth-order valence-electron chi connectivity index (χ4n) is 1.78. The summed E-state index contributed by atoms with van der Waals surface area (Å²) in [5, 5.41) is 7.46. The first-order chi connectivity index (χ1) is 7.31. The molecule has 5 nitrogen and oxygen atoms in total. The zero-order chi connectivity index (χ0) is 10.7. The predicted octanol–water partition coefficient (Wildman–Crippen LogP) is 0.514. The Morgan fingerprint density at radius 2 is 2.50 bits per heavy atom. The average molecular weight is 246 g/mol. The van der Waals surface area contributed by atoms with E-state index < -0.39 is 0 Å². The smallest absolute Gasteiger partial charge is 0.327 e. The van der Waals surface area contributed by atoms with E-state index in [1.54, 1.807) is 11.6 Å². The number of esters is 1. The Hall–Kier alpha value is -1.07. The lowest BCUT2D eigenvalue weighted by atomic mass is 10.1. The van der Waals surface area contributed by atoms with Crippen molar-refractivity contribution in [2.24, 2.45) is 0 Å². The largest absolute Gasteiger partial charge is 0.465 e. The number of hydrogen-bond donors (Lipinski definition) is 1. The lowest BCUT2D eigenvalue weighted by molar-refractivity contribution is -0.144. The maximum Gasteiger partial charge on any atom is 0.327 e. The summed E-state index contributed by atoms with van der Waals surface area (Å²) in [6.07, 6.45) is 2.75. The van der Waals surface area contributed by atoms with Gasteiger partial charge in [0.25, 0.3) is 0 Å². The number of nitrogens with zero attached hydrogens (tertiary/aromatic N) is 2.